The van der Waals surface area contributed by atoms with Crippen LogP contribution in [0.5, 0.6) is 0 Å². The lowest BCUT2D eigenvalue weighted by atomic mass is 9.90. The highest BCUT2D eigenvalue weighted by molar-refractivity contribution is 4.68. The Labute approximate surface area is 69.5 Å². The highest BCUT2D eigenvalue weighted by atomic mass is 16.6. The molecule has 0 saturated carbocycles. The van der Waals surface area contributed by atoms with E-state index in [1.54, 1.807) is 0 Å². The summed E-state index contributed by atoms with van der Waals surface area (Å²) in [6.07, 6.45) is 1.11. The number of rotatable bonds is 5. The van der Waals surface area contributed by atoms with Crippen LogP contribution in [0, 0.1) is 5.41 Å². The summed E-state index contributed by atoms with van der Waals surface area (Å²) in [6, 6.07) is 0. The first kappa shape index (κ1) is 10.9. The van der Waals surface area contributed by atoms with Gasteiger partial charge in [-0.25, -0.2) is 5.90 Å². The molecular formula is C8H20N2O. The summed E-state index contributed by atoms with van der Waals surface area (Å²) in [7, 11) is 4.14. The Hall–Kier alpha value is -0.120. The standard InChI is InChI=1S/C8H20N2O/c1-8(2,7-11-9)5-6-10(3)4/h5-7,9H2,1-4H3. The average molecular weight is 160 g/mol. The molecule has 0 radical (unpaired) electrons. The van der Waals surface area contributed by atoms with E-state index in [1.165, 1.54) is 0 Å². The minimum Gasteiger partial charge on any atom is -0.309 e. The van der Waals surface area contributed by atoms with Crippen molar-refractivity contribution in [3.63, 3.8) is 0 Å². The molecule has 2 N–H and O–H groups in total. The van der Waals surface area contributed by atoms with Gasteiger partial charge in [0.25, 0.3) is 0 Å². The van der Waals surface area contributed by atoms with Crippen molar-refractivity contribution in [3.05, 3.63) is 0 Å². The lowest BCUT2D eigenvalue weighted by molar-refractivity contribution is 0.0544. The number of hydrogen-bond donors (Lipinski definition) is 1. The lowest BCUT2D eigenvalue weighted by Crippen LogP contribution is -2.26. The molecule has 0 saturated heterocycles. The van der Waals surface area contributed by atoms with Crippen LogP contribution in [0.15, 0.2) is 0 Å². The fourth-order valence-electron chi connectivity index (χ4n) is 0.824. The van der Waals surface area contributed by atoms with Gasteiger partial charge in [-0.3, -0.25) is 0 Å². The fraction of sp³-hybridized carbons (Fsp3) is 1.00. The maximum absolute atomic E-state index is 5.01. The first-order valence-electron chi connectivity index (χ1n) is 3.94. The quantitative estimate of drug-likeness (QED) is 0.606. The monoisotopic (exact) mass is 160 g/mol. The predicted molar refractivity (Wildman–Crippen MR) is 47.1 cm³/mol. The van der Waals surface area contributed by atoms with Crippen molar-refractivity contribution in [2.75, 3.05) is 27.2 Å². The van der Waals surface area contributed by atoms with Crippen LogP contribution in [-0.4, -0.2) is 32.1 Å². The molecular weight excluding hydrogens is 140 g/mol. The molecule has 0 heterocycles. The van der Waals surface area contributed by atoms with Crippen LogP contribution < -0.4 is 5.90 Å². The summed E-state index contributed by atoms with van der Waals surface area (Å²) in [4.78, 5) is 6.79. The van der Waals surface area contributed by atoms with E-state index in [0.717, 1.165) is 13.0 Å². The topological polar surface area (TPSA) is 38.5 Å². The van der Waals surface area contributed by atoms with Crippen LogP contribution in [0.25, 0.3) is 0 Å². The maximum Gasteiger partial charge on any atom is 0.0730 e. The largest absolute Gasteiger partial charge is 0.309 e. The van der Waals surface area contributed by atoms with Crippen molar-refractivity contribution in [2.24, 2.45) is 11.3 Å². The van der Waals surface area contributed by atoms with Gasteiger partial charge in [-0.2, -0.15) is 0 Å². The molecule has 0 amide bonds. The SMILES string of the molecule is CN(C)CCC(C)(C)CON. The molecule has 0 aromatic heterocycles. The number of nitrogens with two attached hydrogens (primary N) is 1. The van der Waals surface area contributed by atoms with Gasteiger partial charge in [0.15, 0.2) is 0 Å². The Bertz CT molecular complexity index is 102. The molecule has 3 heteroatoms. The van der Waals surface area contributed by atoms with Gasteiger partial charge in [-0.1, -0.05) is 13.8 Å². The summed E-state index contributed by atoms with van der Waals surface area (Å²) in [5, 5.41) is 0. The second-order valence-corrected chi connectivity index (χ2v) is 4.03. The van der Waals surface area contributed by atoms with E-state index in [9.17, 15) is 0 Å². The molecule has 0 bridgehead atoms. The van der Waals surface area contributed by atoms with E-state index in [2.05, 4.69) is 37.7 Å². The van der Waals surface area contributed by atoms with E-state index >= 15 is 0 Å². The Kier molecular flexibility index (Phi) is 4.65. The second-order valence-electron chi connectivity index (χ2n) is 4.03. The average Bonchev–Trinajstić information content (AvgIpc) is 1.84. The van der Waals surface area contributed by atoms with Crippen molar-refractivity contribution in [3.8, 4) is 0 Å². The van der Waals surface area contributed by atoms with Gasteiger partial charge in [0.2, 0.25) is 0 Å². The first-order valence-corrected chi connectivity index (χ1v) is 3.94. The Morgan fingerprint density at radius 2 is 1.91 bits per heavy atom. The van der Waals surface area contributed by atoms with Crippen LogP contribution in [0.3, 0.4) is 0 Å². The Morgan fingerprint density at radius 3 is 2.27 bits per heavy atom. The zero-order chi connectivity index (χ0) is 8.91. The summed E-state index contributed by atoms with van der Waals surface area (Å²) in [5.74, 6) is 5.01. The molecule has 0 aliphatic rings. The van der Waals surface area contributed by atoms with Crippen LogP contribution in [0.4, 0.5) is 0 Å². The second kappa shape index (κ2) is 4.70. The van der Waals surface area contributed by atoms with Crippen LogP contribution in [-0.2, 0) is 4.84 Å². The van der Waals surface area contributed by atoms with E-state index in [0.29, 0.717) is 6.61 Å². The van der Waals surface area contributed by atoms with Gasteiger partial charge >= 0.3 is 0 Å². The van der Waals surface area contributed by atoms with Gasteiger partial charge in [-0.15, -0.1) is 0 Å². The molecule has 0 atom stereocenters. The van der Waals surface area contributed by atoms with Crippen molar-refractivity contribution in [1.29, 1.82) is 0 Å². The summed E-state index contributed by atoms with van der Waals surface area (Å²) < 4.78 is 0. The summed E-state index contributed by atoms with van der Waals surface area (Å²) >= 11 is 0. The highest BCUT2D eigenvalue weighted by Gasteiger charge is 2.17. The molecule has 0 spiro atoms. The molecule has 0 aliphatic carbocycles. The van der Waals surface area contributed by atoms with Gasteiger partial charge in [-0.05, 0) is 32.5 Å². The zero-order valence-electron chi connectivity index (χ0n) is 8.05. The van der Waals surface area contributed by atoms with E-state index < -0.39 is 0 Å². The molecule has 0 aromatic carbocycles. The van der Waals surface area contributed by atoms with Crippen LogP contribution in [0.1, 0.15) is 20.3 Å². The van der Waals surface area contributed by atoms with E-state index in [-0.39, 0.29) is 5.41 Å². The minimum atomic E-state index is 0.193. The molecule has 0 unspecified atom stereocenters. The molecule has 0 fully saturated rings. The lowest BCUT2D eigenvalue weighted by Gasteiger charge is -2.24. The number of nitrogens with zero attached hydrogens (tertiary/aromatic N) is 1. The Balaban J connectivity index is 3.54. The van der Waals surface area contributed by atoms with Crippen molar-refractivity contribution in [1.82, 2.24) is 4.90 Å². The van der Waals surface area contributed by atoms with Gasteiger partial charge in [0.05, 0.1) is 6.61 Å². The minimum absolute atomic E-state index is 0.193. The molecule has 0 aromatic rings. The maximum atomic E-state index is 5.01. The summed E-state index contributed by atoms with van der Waals surface area (Å²) in [5.41, 5.74) is 0.193. The normalized spacial score (nSPS) is 12.5. The third-order valence-electron chi connectivity index (χ3n) is 1.71. The van der Waals surface area contributed by atoms with Gasteiger partial charge in [0.1, 0.15) is 0 Å². The van der Waals surface area contributed by atoms with Gasteiger partial charge in [0, 0.05) is 0 Å². The Morgan fingerprint density at radius 1 is 1.36 bits per heavy atom. The highest BCUT2D eigenvalue weighted by Crippen LogP contribution is 2.19. The third-order valence-corrected chi connectivity index (χ3v) is 1.71. The fourth-order valence-corrected chi connectivity index (χ4v) is 0.824. The molecule has 68 valence electrons. The summed E-state index contributed by atoms with van der Waals surface area (Å²) in [6.45, 7) is 6.02. The van der Waals surface area contributed by atoms with Crippen molar-refractivity contribution < 1.29 is 4.84 Å². The molecule has 0 aliphatic heterocycles. The third kappa shape index (κ3) is 6.28. The smallest absolute Gasteiger partial charge is 0.0730 e. The molecule has 0 rings (SSSR count). The first-order chi connectivity index (χ1) is 4.98. The van der Waals surface area contributed by atoms with Gasteiger partial charge < -0.3 is 9.74 Å². The van der Waals surface area contributed by atoms with E-state index in [4.69, 9.17) is 5.90 Å². The molecule has 11 heavy (non-hydrogen) atoms. The van der Waals surface area contributed by atoms with Crippen molar-refractivity contribution >= 4 is 0 Å². The van der Waals surface area contributed by atoms with E-state index in [1.807, 2.05) is 0 Å². The molecule has 3 nitrogen and oxygen atoms in total. The predicted octanol–water partition coefficient (Wildman–Crippen LogP) is 0.855. The van der Waals surface area contributed by atoms with Crippen molar-refractivity contribution in [2.45, 2.75) is 20.3 Å². The zero-order valence-corrected chi connectivity index (χ0v) is 8.05. The van der Waals surface area contributed by atoms with Crippen LogP contribution >= 0.6 is 0 Å². The van der Waals surface area contributed by atoms with Crippen LogP contribution in [0.2, 0.25) is 0 Å². The number of hydrogen-bond acceptors (Lipinski definition) is 3.